The van der Waals surface area contributed by atoms with Gasteiger partial charge in [0.05, 0.1) is 16.8 Å². The van der Waals surface area contributed by atoms with Gasteiger partial charge in [0.15, 0.2) is 5.78 Å². The van der Waals surface area contributed by atoms with Gasteiger partial charge in [0, 0.05) is 68.9 Å². The minimum absolute atomic E-state index is 0.0191. The minimum atomic E-state index is -0.824. The number of rotatable bonds is 4. The number of pyridine rings is 2. The van der Waals surface area contributed by atoms with Gasteiger partial charge >= 0.3 is 0 Å². The third-order valence-electron chi connectivity index (χ3n) is 7.18. The summed E-state index contributed by atoms with van der Waals surface area (Å²) >= 11 is 0. The smallest absolute Gasteiger partial charge is 0.225 e. The van der Waals surface area contributed by atoms with Crippen LogP contribution in [-0.4, -0.2) is 67.7 Å². The van der Waals surface area contributed by atoms with Crippen LogP contribution in [0.25, 0.3) is 11.3 Å². The fourth-order valence-corrected chi connectivity index (χ4v) is 5.04. The second kappa shape index (κ2) is 9.24. The molecule has 1 saturated heterocycles. The van der Waals surface area contributed by atoms with E-state index in [1.54, 1.807) is 37.6 Å². The molecule has 10 heteroatoms. The van der Waals surface area contributed by atoms with Crippen LogP contribution in [0.5, 0.6) is 0 Å². The molecule has 0 unspecified atom stereocenters. The Morgan fingerprint density at radius 1 is 1.16 bits per heavy atom. The van der Waals surface area contributed by atoms with E-state index in [1.807, 2.05) is 42.7 Å². The summed E-state index contributed by atoms with van der Waals surface area (Å²) in [5, 5.41) is 9.48. The predicted octanol–water partition coefficient (Wildman–Crippen LogP) is 2.84. The van der Waals surface area contributed by atoms with Crippen molar-refractivity contribution in [2.45, 2.75) is 45.8 Å². The zero-order valence-corrected chi connectivity index (χ0v) is 21.3. The van der Waals surface area contributed by atoms with Crippen molar-refractivity contribution in [3.63, 3.8) is 0 Å². The van der Waals surface area contributed by atoms with E-state index in [9.17, 15) is 14.9 Å². The normalized spacial score (nSPS) is 18.5. The number of hydrogen-bond acceptors (Lipinski definition) is 9. The van der Waals surface area contributed by atoms with Crippen molar-refractivity contribution < 1.29 is 9.59 Å². The lowest BCUT2D eigenvalue weighted by Crippen LogP contribution is -2.53. The van der Waals surface area contributed by atoms with Crippen molar-refractivity contribution in [1.82, 2.24) is 24.8 Å². The summed E-state index contributed by atoms with van der Waals surface area (Å²) in [4.78, 5) is 49.0. The molecular weight excluding hydrogens is 468 g/mol. The zero-order chi connectivity index (χ0) is 26.3. The Morgan fingerprint density at radius 2 is 1.92 bits per heavy atom. The van der Waals surface area contributed by atoms with Gasteiger partial charge in [0.2, 0.25) is 11.9 Å². The number of Topliss-reactive ketones (excluding diaryl/α,β-unsaturated/α-hetero) is 1. The second-order valence-corrected chi connectivity index (χ2v) is 9.94. The van der Waals surface area contributed by atoms with Crippen molar-refractivity contribution >= 4 is 23.5 Å². The Morgan fingerprint density at radius 3 is 2.59 bits per heavy atom. The molecule has 10 nitrogen and oxygen atoms in total. The molecule has 0 N–H and O–H groups in total. The maximum absolute atomic E-state index is 13.2. The molecule has 0 spiro atoms. The summed E-state index contributed by atoms with van der Waals surface area (Å²) in [6.07, 6.45) is 5.06. The molecule has 5 rings (SSSR count). The van der Waals surface area contributed by atoms with E-state index in [4.69, 9.17) is 4.98 Å². The summed E-state index contributed by atoms with van der Waals surface area (Å²) in [7, 11) is 0. The molecule has 2 aliphatic rings. The second-order valence-electron chi connectivity index (χ2n) is 9.94. The number of fused-ring (bicyclic) bond motifs is 1. The first-order valence-electron chi connectivity index (χ1n) is 12.2. The maximum atomic E-state index is 13.2. The Hall–Kier alpha value is -4.39. The van der Waals surface area contributed by atoms with E-state index in [0.717, 1.165) is 11.1 Å². The van der Waals surface area contributed by atoms with Gasteiger partial charge in [0.25, 0.3) is 0 Å². The van der Waals surface area contributed by atoms with E-state index in [1.165, 1.54) is 0 Å². The molecule has 0 aliphatic carbocycles. The first kappa shape index (κ1) is 24.3. The molecule has 3 aromatic rings. The largest absolute Gasteiger partial charge is 0.339 e. The summed E-state index contributed by atoms with van der Waals surface area (Å²) in [6, 6.07) is 9.45. The van der Waals surface area contributed by atoms with Crippen molar-refractivity contribution in [1.29, 1.82) is 5.26 Å². The molecule has 2 aliphatic heterocycles. The van der Waals surface area contributed by atoms with Gasteiger partial charge in [-0.25, -0.2) is 19.9 Å². The lowest BCUT2D eigenvalue weighted by atomic mass is 9.97. The summed E-state index contributed by atoms with van der Waals surface area (Å²) in [6.45, 7) is 9.66. The Balaban J connectivity index is 1.42. The van der Waals surface area contributed by atoms with Crippen LogP contribution in [0, 0.1) is 11.3 Å². The van der Waals surface area contributed by atoms with Crippen molar-refractivity contribution in [3.8, 4) is 17.3 Å². The summed E-state index contributed by atoms with van der Waals surface area (Å²) in [5.41, 5.74) is 2.18. The molecule has 188 valence electrons. The zero-order valence-electron chi connectivity index (χ0n) is 21.3. The number of aromatic nitrogens is 4. The molecule has 1 amide bonds. The molecule has 0 bridgehead atoms. The lowest BCUT2D eigenvalue weighted by Gasteiger charge is -2.39. The summed E-state index contributed by atoms with van der Waals surface area (Å²) in [5.74, 6) is 1.24. The fourth-order valence-electron chi connectivity index (χ4n) is 5.04. The first-order valence-corrected chi connectivity index (χ1v) is 12.2. The molecule has 1 atom stereocenters. The third-order valence-corrected chi connectivity index (χ3v) is 7.18. The molecule has 3 aromatic heterocycles. The Labute approximate surface area is 215 Å². The van der Waals surface area contributed by atoms with Gasteiger partial charge in [-0.05, 0) is 39.0 Å². The highest BCUT2D eigenvalue weighted by Crippen LogP contribution is 2.39. The van der Waals surface area contributed by atoms with E-state index < -0.39 is 5.54 Å². The maximum Gasteiger partial charge on any atom is 0.225 e. The Bertz CT molecular complexity index is 1410. The van der Waals surface area contributed by atoms with E-state index in [0.29, 0.717) is 54.9 Å². The topological polar surface area (TPSA) is 119 Å². The van der Waals surface area contributed by atoms with Gasteiger partial charge in [-0.2, -0.15) is 5.26 Å². The van der Waals surface area contributed by atoms with E-state index in [-0.39, 0.29) is 17.7 Å². The molecule has 0 radical (unpaired) electrons. The van der Waals surface area contributed by atoms with Crippen LogP contribution in [0.3, 0.4) is 0 Å². The van der Waals surface area contributed by atoms with Crippen molar-refractivity contribution in [2.24, 2.45) is 0 Å². The molecule has 1 fully saturated rings. The van der Waals surface area contributed by atoms with Crippen molar-refractivity contribution in [2.75, 3.05) is 29.4 Å². The highest BCUT2D eigenvalue weighted by molar-refractivity contribution is 6.12. The number of anilines is 2. The number of piperazine rings is 1. The molecule has 37 heavy (non-hydrogen) atoms. The van der Waals surface area contributed by atoms with Crippen LogP contribution in [0.15, 0.2) is 42.9 Å². The number of nitriles is 1. The van der Waals surface area contributed by atoms with Crippen LogP contribution >= 0.6 is 0 Å². The highest BCUT2D eigenvalue weighted by atomic mass is 16.2. The number of amides is 1. The quantitative estimate of drug-likeness (QED) is 0.537. The minimum Gasteiger partial charge on any atom is -0.339 e. The van der Waals surface area contributed by atoms with Gasteiger partial charge in [-0.3, -0.25) is 9.59 Å². The van der Waals surface area contributed by atoms with Gasteiger partial charge in [0.1, 0.15) is 17.6 Å². The molecule has 0 saturated carbocycles. The number of nitrogens with zero attached hydrogens (tertiary/aromatic N) is 8. The van der Waals surface area contributed by atoms with Gasteiger partial charge < -0.3 is 14.7 Å². The number of carbonyl (C=O) groups is 2. The SMILES string of the molecule is CC(=O)N1CCN(c2ncc(-c3ccc4c(n3)N(Cc3cccnc3C#N)C(C)(C)C4=O)cn2)C[C@H]1C. The van der Waals surface area contributed by atoms with Crippen LogP contribution in [0.1, 0.15) is 49.3 Å². The molecule has 0 aromatic carbocycles. The number of carbonyl (C=O) groups excluding carboxylic acids is 2. The van der Waals surface area contributed by atoms with Crippen LogP contribution in [0.4, 0.5) is 11.8 Å². The third kappa shape index (κ3) is 4.27. The average molecular weight is 497 g/mol. The average Bonchev–Trinajstić information content (AvgIpc) is 3.08. The van der Waals surface area contributed by atoms with Gasteiger partial charge in [-0.15, -0.1) is 0 Å². The van der Waals surface area contributed by atoms with Crippen LogP contribution < -0.4 is 9.80 Å². The standard InChI is InChI=1S/C27H28N8O2/c1-17-15-33(10-11-34(17)18(2)36)26-30-13-20(14-31-26)22-8-7-21-24(37)27(3,4)35(25(21)32-22)16-19-6-5-9-29-23(19)12-28/h5-9,13-14,17H,10-11,15-16H2,1-4H3/t17-/m1/s1. The number of hydrogen-bond donors (Lipinski definition) is 0. The summed E-state index contributed by atoms with van der Waals surface area (Å²) < 4.78 is 0. The monoisotopic (exact) mass is 496 g/mol. The first-order chi connectivity index (χ1) is 17.7. The van der Waals surface area contributed by atoms with Crippen LogP contribution in [-0.2, 0) is 11.3 Å². The lowest BCUT2D eigenvalue weighted by molar-refractivity contribution is -0.131. The van der Waals surface area contributed by atoms with E-state index in [2.05, 4.69) is 25.9 Å². The molecule has 5 heterocycles. The van der Waals surface area contributed by atoms with Crippen LogP contribution in [0.2, 0.25) is 0 Å². The van der Waals surface area contributed by atoms with Crippen molar-refractivity contribution in [3.05, 3.63) is 59.7 Å². The highest BCUT2D eigenvalue weighted by Gasteiger charge is 2.45. The molecular formula is C27H28N8O2. The predicted molar refractivity (Wildman–Crippen MR) is 138 cm³/mol. The fraction of sp³-hybridized carbons (Fsp3) is 0.370. The van der Waals surface area contributed by atoms with E-state index >= 15 is 0 Å². The Kier molecular flexibility index (Phi) is 6.07. The van der Waals surface area contributed by atoms with Gasteiger partial charge in [-0.1, -0.05) is 6.07 Å². The number of ketones is 1.